The van der Waals surface area contributed by atoms with Gasteiger partial charge in [-0.25, -0.2) is 4.79 Å². The van der Waals surface area contributed by atoms with Gasteiger partial charge >= 0.3 is 5.97 Å². The van der Waals surface area contributed by atoms with E-state index in [0.29, 0.717) is 23.2 Å². The zero-order valence-electron chi connectivity index (χ0n) is 14.3. The number of ether oxygens (including phenoxy) is 1. The molecule has 0 bridgehead atoms. The van der Waals surface area contributed by atoms with E-state index in [2.05, 4.69) is 9.88 Å². The lowest BCUT2D eigenvalue weighted by Crippen LogP contribution is -2.28. The second kappa shape index (κ2) is 7.31. The van der Waals surface area contributed by atoms with E-state index in [1.807, 2.05) is 32.0 Å². The zero-order chi connectivity index (χ0) is 18.0. The Bertz CT molecular complexity index is 792. The van der Waals surface area contributed by atoms with Crippen molar-refractivity contribution in [3.63, 3.8) is 0 Å². The van der Waals surface area contributed by atoms with E-state index in [4.69, 9.17) is 16.3 Å². The van der Waals surface area contributed by atoms with Crippen molar-refractivity contribution < 1.29 is 14.3 Å². The van der Waals surface area contributed by atoms with Gasteiger partial charge in [-0.15, -0.1) is 0 Å². The van der Waals surface area contributed by atoms with Crippen molar-refractivity contribution in [1.82, 2.24) is 9.88 Å². The molecule has 1 aromatic heterocycles. The summed E-state index contributed by atoms with van der Waals surface area (Å²) in [5.74, 6) is -0.791. The van der Waals surface area contributed by atoms with Gasteiger partial charge in [0.05, 0.1) is 5.56 Å². The monoisotopic (exact) mass is 360 g/mol. The summed E-state index contributed by atoms with van der Waals surface area (Å²) in [4.78, 5) is 24.1. The van der Waals surface area contributed by atoms with E-state index in [-0.39, 0.29) is 12.5 Å². The highest BCUT2D eigenvalue weighted by atomic mass is 35.5. The molecule has 1 aliphatic rings. The van der Waals surface area contributed by atoms with Gasteiger partial charge in [-0.3, -0.25) is 4.79 Å². The molecule has 0 radical (unpaired) electrons. The number of aromatic nitrogens is 1. The normalized spacial score (nSPS) is 13.6. The van der Waals surface area contributed by atoms with Crippen LogP contribution in [0.3, 0.4) is 0 Å². The number of amides is 1. The Morgan fingerprint density at radius 3 is 2.56 bits per heavy atom. The van der Waals surface area contributed by atoms with Gasteiger partial charge < -0.3 is 14.6 Å². The molecule has 2 aromatic rings. The summed E-state index contributed by atoms with van der Waals surface area (Å²) >= 11 is 5.82. The summed E-state index contributed by atoms with van der Waals surface area (Å²) in [6, 6.07) is 9.53. The maximum absolute atomic E-state index is 12.3. The Kier molecular flexibility index (Phi) is 5.13. The molecule has 1 amide bonds. The molecule has 1 N–H and O–H groups in total. The molecule has 1 heterocycles. The summed E-state index contributed by atoms with van der Waals surface area (Å²) in [5.41, 5.74) is 3.43. The van der Waals surface area contributed by atoms with Gasteiger partial charge in [-0.2, -0.15) is 0 Å². The van der Waals surface area contributed by atoms with E-state index in [0.717, 1.165) is 29.8 Å². The third kappa shape index (κ3) is 4.23. The highest BCUT2D eigenvalue weighted by molar-refractivity contribution is 6.30. The third-order valence-electron chi connectivity index (χ3n) is 4.35. The van der Waals surface area contributed by atoms with Crippen LogP contribution in [0.25, 0.3) is 0 Å². The number of hydrogen-bond acceptors (Lipinski definition) is 3. The van der Waals surface area contributed by atoms with Crippen molar-refractivity contribution in [2.75, 3.05) is 6.61 Å². The van der Waals surface area contributed by atoms with E-state index < -0.39 is 5.97 Å². The average Bonchev–Trinajstić information content (AvgIpc) is 3.37. The largest absolute Gasteiger partial charge is 0.452 e. The summed E-state index contributed by atoms with van der Waals surface area (Å²) in [7, 11) is 0. The molecule has 0 spiro atoms. The van der Waals surface area contributed by atoms with Crippen LogP contribution in [-0.2, 0) is 16.1 Å². The van der Waals surface area contributed by atoms with Crippen molar-refractivity contribution in [3.05, 3.63) is 57.9 Å². The zero-order valence-corrected chi connectivity index (χ0v) is 15.1. The fraction of sp³-hybridized carbons (Fsp3) is 0.368. The van der Waals surface area contributed by atoms with Gasteiger partial charge in [0.15, 0.2) is 6.61 Å². The number of aryl methyl sites for hydroxylation is 1. The molecule has 132 valence electrons. The quantitative estimate of drug-likeness (QED) is 0.801. The molecule has 6 heteroatoms. The number of carbonyl (C=O) groups excluding carboxylic acids is 2. The molecule has 0 aliphatic heterocycles. The minimum Gasteiger partial charge on any atom is -0.452 e. The van der Waals surface area contributed by atoms with Gasteiger partial charge in [-0.1, -0.05) is 23.7 Å². The number of nitrogens with zero attached hydrogens (tertiary/aromatic N) is 1. The predicted molar refractivity (Wildman–Crippen MR) is 95.8 cm³/mol. The van der Waals surface area contributed by atoms with Crippen molar-refractivity contribution in [2.45, 2.75) is 39.3 Å². The standard InChI is InChI=1S/C19H21ClN2O3/c1-12-9-17(13(2)22(12)16-7-8-16)19(24)25-11-18(23)21-10-14-3-5-15(20)6-4-14/h3-6,9,16H,7-8,10-11H2,1-2H3,(H,21,23). The predicted octanol–water partition coefficient (Wildman–Crippen LogP) is 3.57. The molecule has 5 nitrogen and oxygen atoms in total. The number of halogens is 1. The van der Waals surface area contributed by atoms with E-state index >= 15 is 0 Å². The minimum atomic E-state index is -0.457. The fourth-order valence-corrected chi connectivity index (χ4v) is 3.07. The van der Waals surface area contributed by atoms with Crippen LogP contribution in [0.5, 0.6) is 0 Å². The highest BCUT2D eigenvalue weighted by Gasteiger charge is 2.28. The maximum atomic E-state index is 12.3. The van der Waals surface area contributed by atoms with E-state index in [1.54, 1.807) is 12.1 Å². The smallest absolute Gasteiger partial charge is 0.340 e. The van der Waals surface area contributed by atoms with Crippen LogP contribution < -0.4 is 5.32 Å². The van der Waals surface area contributed by atoms with E-state index in [9.17, 15) is 9.59 Å². The van der Waals surface area contributed by atoms with E-state index in [1.165, 1.54) is 0 Å². The Labute approximate surface area is 151 Å². The SMILES string of the molecule is Cc1cc(C(=O)OCC(=O)NCc2ccc(Cl)cc2)c(C)n1C1CC1. The van der Waals surface area contributed by atoms with Crippen molar-refractivity contribution >= 4 is 23.5 Å². The Morgan fingerprint density at radius 2 is 1.92 bits per heavy atom. The third-order valence-corrected chi connectivity index (χ3v) is 4.61. The Morgan fingerprint density at radius 1 is 1.24 bits per heavy atom. The molecule has 25 heavy (non-hydrogen) atoms. The number of hydrogen-bond donors (Lipinski definition) is 1. The lowest BCUT2D eigenvalue weighted by atomic mass is 10.2. The lowest BCUT2D eigenvalue weighted by molar-refractivity contribution is -0.124. The van der Waals surface area contributed by atoms with Crippen LogP contribution in [0.15, 0.2) is 30.3 Å². The minimum absolute atomic E-state index is 0.292. The molecular formula is C19H21ClN2O3. The van der Waals surface area contributed by atoms with Gasteiger partial charge in [0.2, 0.25) is 0 Å². The first-order valence-corrected chi connectivity index (χ1v) is 8.70. The molecule has 0 atom stereocenters. The van der Waals surface area contributed by atoms with Gasteiger partial charge in [0, 0.05) is 29.0 Å². The van der Waals surface area contributed by atoms with Crippen molar-refractivity contribution in [3.8, 4) is 0 Å². The number of esters is 1. The topological polar surface area (TPSA) is 60.3 Å². The van der Waals surface area contributed by atoms with Crippen LogP contribution in [0.4, 0.5) is 0 Å². The van der Waals surface area contributed by atoms with Crippen LogP contribution in [0.1, 0.15) is 46.2 Å². The van der Waals surface area contributed by atoms with Crippen LogP contribution >= 0.6 is 11.6 Å². The molecule has 1 aliphatic carbocycles. The Balaban J connectivity index is 1.51. The fourth-order valence-electron chi connectivity index (χ4n) is 2.94. The number of nitrogens with one attached hydrogen (secondary N) is 1. The number of rotatable bonds is 6. The number of benzene rings is 1. The molecule has 0 saturated heterocycles. The second-order valence-corrected chi connectivity index (χ2v) is 6.80. The summed E-state index contributed by atoms with van der Waals surface area (Å²) in [5, 5.41) is 3.37. The molecule has 3 rings (SSSR count). The van der Waals surface area contributed by atoms with Crippen LogP contribution in [-0.4, -0.2) is 23.1 Å². The maximum Gasteiger partial charge on any atom is 0.340 e. The summed E-state index contributed by atoms with van der Waals surface area (Å²) < 4.78 is 7.34. The second-order valence-electron chi connectivity index (χ2n) is 6.37. The van der Waals surface area contributed by atoms with Gasteiger partial charge in [-0.05, 0) is 50.5 Å². The van der Waals surface area contributed by atoms with Crippen molar-refractivity contribution in [1.29, 1.82) is 0 Å². The first-order valence-electron chi connectivity index (χ1n) is 8.32. The highest BCUT2D eigenvalue weighted by Crippen LogP contribution is 2.38. The van der Waals surface area contributed by atoms with Crippen LogP contribution in [0.2, 0.25) is 5.02 Å². The summed E-state index contributed by atoms with van der Waals surface area (Å²) in [6.45, 7) is 3.98. The summed E-state index contributed by atoms with van der Waals surface area (Å²) in [6.07, 6.45) is 2.30. The van der Waals surface area contributed by atoms with Crippen LogP contribution in [0, 0.1) is 13.8 Å². The first kappa shape index (κ1) is 17.5. The molecular weight excluding hydrogens is 340 g/mol. The van der Waals surface area contributed by atoms with Gasteiger partial charge in [0.1, 0.15) is 0 Å². The van der Waals surface area contributed by atoms with Crippen molar-refractivity contribution in [2.24, 2.45) is 0 Å². The molecule has 1 saturated carbocycles. The molecule has 1 fully saturated rings. The average molecular weight is 361 g/mol. The Hall–Kier alpha value is -2.27. The number of carbonyl (C=O) groups is 2. The molecule has 1 aromatic carbocycles. The lowest BCUT2D eigenvalue weighted by Gasteiger charge is -2.08. The first-order chi connectivity index (χ1) is 12.0. The van der Waals surface area contributed by atoms with Gasteiger partial charge in [0.25, 0.3) is 5.91 Å². The molecule has 0 unspecified atom stereocenters.